The van der Waals surface area contributed by atoms with Gasteiger partial charge in [-0.2, -0.15) is 0 Å². The number of benzene rings is 1. The van der Waals surface area contributed by atoms with Crippen molar-refractivity contribution >= 4 is 17.7 Å². The fraction of sp³-hybridized carbons (Fsp3) is 0.656. The molecule has 0 bridgehead atoms. The lowest BCUT2D eigenvalue weighted by Gasteiger charge is -2.46. The Morgan fingerprint density at radius 3 is 2.48 bits per heavy atom. The molecule has 2 aromatic rings. The third-order valence-electron chi connectivity index (χ3n) is 9.49. The van der Waals surface area contributed by atoms with Gasteiger partial charge in [-0.1, -0.05) is 23.4 Å². The third-order valence-corrected chi connectivity index (χ3v) is 9.49. The second-order valence-electron chi connectivity index (χ2n) is 12.5. The molecule has 4 fully saturated rings. The van der Waals surface area contributed by atoms with Crippen LogP contribution in [-0.2, 0) is 35.2 Å². The molecule has 2 N–H and O–H groups in total. The third kappa shape index (κ3) is 8.03. The van der Waals surface area contributed by atoms with Crippen molar-refractivity contribution in [2.75, 3.05) is 65.8 Å². The van der Waals surface area contributed by atoms with Gasteiger partial charge in [0.1, 0.15) is 30.7 Å². The van der Waals surface area contributed by atoms with E-state index in [1.807, 2.05) is 30.3 Å². The second-order valence-corrected chi connectivity index (χ2v) is 12.5. The van der Waals surface area contributed by atoms with Crippen molar-refractivity contribution in [2.24, 2.45) is 0 Å². The summed E-state index contributed by atoms with van der Waals surface area (Å²) >= 11 is 0. The Hall–Kier alpha value is -3.59. The van der Waals surface area contributed by atoms with Gasteiger partial charge >= 0.3 is 0 Å². The summed E-state index contributed by atoms with van der Waals surface area (Å²) in [6, 6.07) is 8.71. The highest BCUT2D eigenvalue weighted by atomic mass is 16.5. The standard InChI is InChI=1S/C32H45N7O7/c40-28-23-45-19-18-44-17-11-33-31(42)30-27(39-21-24(35-36-39)22-46-26-4-2-1-3-5-26)6-12-38(30)29(41)20-32(34-28)9-13-37(14-10-32)25-7-15-43-16-8-25/h1-5,21,25,27,30H,6-20,22-23H2,(H,33,42)(H,34,40)/t27-,30+/m1/s1. The summed E-state index contributed by atoms with van der Waals surface area (Å²) in [5.41, 5.74) is -0.114. The highest BCUT2D eigenvalue weighted by molar-refractivity contribution is 5.89. The number of piperidine rings is 1. The number of carbonyl (C=O) groups is 3. The van der Waals surface area contributed by atoms with Crippen molar-refractivity contribution < 1.29 is 33.3 Å². The zero-order chi connectivity index (χ0) is 31.8. The first-order valence-corrected chi connectivity index (χ1v) is 16.4. The zero-order valence-electron chi connectivity index (χ0n) is 26.3. The minimum atomic E-state index is -0.789. The number of hydrogen-bond acceptors (Lipinski definition) is 10. The maximum atomic E-state index is 14.2. The van der Waals surface area contributed by atoms with Crippen LogP contribution in [0.15, 0.2) is 36.5 Å². The van der Waals surface area contributed by atoms with E-state index in [4.69, 9.17) is 18.9 Å². The van der Waals surface area contributed by atoms with Crippen LogP contribution < -0.4 is 15.4 Å². The number of ether oxygens (including phenoxy) is 4. The van der Waals surface area contributed by atoms with E-state index in [1.165, 1.54) is 0 Å². The largest absolute Gasteiger partial charge is 0.487 e. The fourth-order valence-electron chi connectivity index (χ4n) is 7.04. The number of carbonyl (C=O) groups excluding carboxylic acids is 3. The number of amides is 3. The van der Waals surface area contributed by atoms with E-state index < -0.39 is 17.6 Å². The van der Waals surface area contributed by atoms with Gasteiger partial charge in [0.25, 0.3) is 0 Å². The predicted octanol–water partition coefficient (Wildman–Crippen LogP) is 0.682. The number of rotatable bonds is 5. The summed E-state index contributed by atoms with van der Waals surface area (Å²) in [6.45, 7) is 4.69. The van der Waals surface area contributed by atoms with Crippen LogP contribution in [-0.4, -0.2) is 126 Å². The Bertz CT molecular complexity index is 1310. The molecular weight excluding hydrogens is 594 g/mol. The molecule has 4 saturated heterocycles. The molecular formula is C32H45N7O7. The first kappa shape index (κ1) is 32.4. The summed E-state index contributed by atoms with van der Waals surface area (Å²) in [7, 11) is 0. The average Bonchev–Trinajstić information content (AvgIpc) is 3.73. The van der Waals surface area contributed by atoms with Crippen LogP contribution in [0.3, 0.4) is 0 Å². The number of nitrogens with one attached hydrogen (secondary N) is 2. The molecule has 250 valence electrons. The van der Waals surface area contributed by atoms with Gasteiger partial charge in [0, 0.05) is 45.4 Å². The van der Waals surface area contributed by atoms with Gasteiger partial charge in [-0.25, -0.2) is 4.68 Å². The molecule has 0 aliphatic carbocycles. The zero-order valence-corrected chi connectivity index (χ0v) is 26.3. The Balaban J connectivity index is 1.19. The van der Waals surface area contributed by atoms with Crippen LogP contribution in [0.2, 0.25) is 0 Å². The van der Waals surface area contributed by atoms with Crippen LogP contribution in [0.25, 0.3) is 0 Å². The lowest BCUT2D eigenvalue weighted by Crippen LogP contribution is -2.60. The molecule has 0 saturated carbocycles. The smallest absolute Gasteiger partial charge is 0.246 e. The number of aromatic nitrogens is 3. The van der Waals surface area contributed by atoms with Crippen molar-refractivity contribution in [3.8, 4) is 5.75 Å². The highest BCUT2D eigenvalue weighted by Gasteiger charge is 2.47. The quantitative estimate of drug-likeness (QED) is 0.479. The number of hydrogen-bond donors (Lipinski definition) is 2. The van der Waals surface area contributed by atoms with Gasteiger partial charge in [-0.15, -0.1) is 5.10 Å². The molecule has 5 heterocycles. The van der Waals surface area contributed by atoms with Gasteiger partial charge in [0.15, 0.2) is 0 Å². The molecule has 4 aliphatic heterocycles. The molecule has 1 spiro atoms. The molecule has 46 heavy (non-hydrogen) atoms. The molecule has 14 heteroatoms. The van der Waals surface area contributed by atoms with Crippen molar-refractivity contribution in [1.29, 1.82) is 0 Å². The van der Waals surface area contributed by atoms with Gasteiger partial charge in [-0.05, 0) is 44.2 Å². The minimum absolute atomic E-state index is 0.100. The molecule has 1 aromatic carbocycles. The maximum Gasteiger partial charge on any atom is 0.246 e. The molecule has 0 radical (unpaired) electrons. The van der Waals surface area contributed by atoms with E-state index in [0.29, 0.717) is 44.1 Å². The van der Waals surface area contributed by atoms with E-state index in [-0.39, 0.29) is 57.1 Å². The van der Waals surface area contributed by atoms with E-state index in [9.17, 15) is 14.4 Å². The van der Waals surface area contributed by atoms with E-state index in [1.54, 1.807) is 15.8 Å². The van der Waals surface area contributed by atoms with E-state index >= 15 is 0 Å². The topological polar surface area (TPSA) is 149 Å². The molecule has 1 aromatic heterocycles. The van der Waals surface area contributed by atoms with E-state index in [0.717, 1.165) is 44.9 Å². The second kappa shape index (κ2) is 15.3. The van der Waals surface area contributed by atoms with Crippen molar-refractivity contribution in [3.63, 3.8) is 0 Å². The summed E-state index contributed by atoms with van der Waals surface area (Å²) < 4.78 is 24.2. The van der Waals surface area contributed by atoms with E-state index in [2.05, 4.69) is 25.8 Å². The summed E-state index contributed by atoms with van der Waals surface area (Å²) in [5.74, 6) is 0.0353. The maximum absolute atomic E-state index is 14.2. The Labute approximate surface area is 269 Å². The fourth-order valence-corrected chi connectivity index (χ4v) is 7.04. The summed E-state index contributed by atoms with van der Waals surface area (Å²) in [6.07, 6.45) is 5.66. The molecule has 14 nitrogen and oxygen atoms in total. The molecule has 6 rings (SSSR count). The van der Waals surface area contributed by atoms with Crippen molar-refractivity contribution in [1.82, 2.24) is 35.4 Å². The number of fused-ring (bicyclic) bond motifs is 1. The van der Waals surface area contributed by atoms with Gasteiger partial charge in [0.2, 0.25) is 17.7 Å². The lowest BCUT2D eigenvalue weighted by molar-refractivity contribution is -0.142. The van der Waals surface area contributed by atoms with Crippen LogP contribution in [0.1, 0.15) is 50.3 Å². The summed E-state index contributed by atoms with van der Waals surface area (Å²) in [5, 5.41) is 14.8. The Morgan fingerprint density at radius 2 is 1.67 bits per heavy atom. The monoisotopic (exact) mass is 639 g/mol. The van der Waals surface area contributed by atoms with Crippen molar-refractivity contribution in [3.05, 3.63) is 42.2 Å². The molecule has 4 aliphatic rings. The molecule has 2 atom stereocenters. The minimum Gasteiger partial charge on any atom is -0.487 e. The number of para-hydroxylation sites is 1. The van der Waals surface area contributed by atoms with Crippen LogP contribution in [0.5, 0.6) is 5.75 Å². The molecule has 0 unspecified atom stereocenters. The predicted molar refractivity (Wildman–Crippen MR) is 165 cm³/mol. The Kier molecular flexibility index (Phi) is 10.8. The Morgan fingerprint density at radius 1 is 0.913 bits per heavy atom. The van der Waals surface area contributed by atoms with Gasteiger partial charge < -0.3 is 39.4 Å². The molecule has 3 amide bonds. The summed E-state index contributed by atoms with van der Waals surface area (Å²) in [4.78, 5) is 45.1. The first-order chi connectivity index (χ1) is 22.5. The van der Waals surface area contributed by atoms with Gasteiger partial charge in [0.05, 0.1) is 44.0 Å². The normalized spacial score (nSPS) is 26.0. The van der Waals surface area contributed by atoms with Gasteiger partial charge in [-0.3, -0.25) is 14.4 Å². The number of likely N-dealkylation sites (tertiary alicyclic amines) is 1. The van der Waals surface area contributed by atoms with Crippen LogP contribution >= 0.6 is 0 Å². The highest BCUT2D eigenvalue weighted by Crippen LogP contribution is 2.34. The SMILES string of the molecule is O=C1COCCOCCNC(=O)[C@@H]2[C@H](n3cc(COc4ccccc4)nn3)CCN2C(=O)CC2(CCN(C3CCOCC3)CC2)N1. The first-order valence-electron chi connectivity index (χ1n) is 16.4. The van der Waals surface area contributed by atoms with Crippen LogP contribution in [0.4, 0.5) is 0 Å². The average molecular weight is 640 g/mol. The van der Waals surface area contributed by atoms with Crippen molar-refractivity contribution in [2.45, 2.75) is 68.8 Å². The lowest BCUT2D eigenvalue weighted by atomic mass is 9.82. The number of nitrogens with zero attached hydrogens (tertiary/aromatic N) is 5. The van der Waals surface area contributed by atoms with Crippen LogP contribution in [0, 0.1) is 0 Å².